The molecule has 1 N–H and O–H groups in total. The van der Waals surface area contributed by atoms with E-state index in [2.05, 4.69) is 30.8 Å². The topological polar surface area (TPSA) is 20.2 Å². The van der Waals surface area contributed by atoms with E-state index in [1.807, 2.05) is 13.1 Å². The van der Waals surface area contributed by atoms with Crippen molar-refractivity contribution in [3.8, 4) is 0 Å². The Morgan fingerprint density at radius 1 is 1.17 bits per heavy atom. The van der Waals surface area contributed by atoms with Crippen molar-refractivity contribution in [2.75, 3.05) is 0 Å². The second-order valence-electron chi connectivity index (χ2n) is 3.61. The highest BCUT2D eigenvalue weighted by Gasteiger charge is 2.18. The molecule has 0 saturated carbocycles. The molecule has 0 saturated heterocycles. The molecule has 0 aliphatic heterocycles. The highest BCUT2D eigenvalue weighted by Crippen LogP contribution is 1.96. The molecule has 1 aromatic rings. The molecular formula is C9H16OSi2. The fraction of sp³-hybridized carbons (Fsp3) is 0.333. The lowest BCUT2D eigenvalue weighted by atomic mass is 10.4. The minimum atomic E-state index is -2.05. The minimum absolute atomic E-state index is 0.0347. The van der Waals surface area contributed by atoms with E-state index in [1.54, 1.807) is 0 Å². The average molecular weight is 196 g/mol. The minimum Gasteiger partial charge on any atom is -0.428 e. The Labute approximate surface area is 77.4 Å². The maximum absolute atomic E-state index is 9.80. The summed E-state index contributed by atoms with van der Waals surface area (Å²) in [6, 6.07) is 8.48. The van der Waals surface area contributed by atoms with Crippen LogP contribution in [0.4, 0.5) is 0 Å². The van der Waals surface area contributed by atoms with Gasteiger partial charge in [-0.3, -0.25) is 0 Å². The van der Waals surface area contributed by atoms with Crippen LogP contribution in [-0.4, -0.2) is 22.6 Å². The fourth-order valence-electron chi connectivity index (χ4n) is 1.15. The number of benzene rings is 1. The number of rotatable bonds is 2. The van der Waals surface area contributed by atoms with Gasteiger partial charge in [-0.2, -0.15) is 0 Å². The van der Waals surface area contributed by atoms with Crippen molar-refractivity contribution in [2.24, 2.45) is 0 Å². The molecule has 0 amide bonds. The van der Waals surface area contributed by atoms with Crippen molar-refractivity contribution >= 4 is 28.2 Å². The largest absolute Gasteiger partial charge is 0.428 e. The third-order valence-electron chi connectivity index (χ3n) is 2.07. The van der Waals surface area contributed by atoms with E-state index in [0.717, 1.165) is 5.19 Å². The van der Waals surface area contributed by atoms with Crippen LogP contribution in [0.3, 0.4) is 0 Å². The lowest BCUT2D eigenvalue weighted by molar-refractivity contribution is 0.568. The molecule has 0 heterocycles. The first-order valence-electron chi connectivity index (χ1n) is 4.36. The molecule has 1 rings (SSSR count). The third-order valence-corrected chi connectivity index (χ3v) is 5.10. The Bertz CT molecular complexity index is 248. The van der Waals surface area contributed by atoms with E-state index in [-0.39, 0.29) is 9.52 Å². The monoisotopic (exact) mass is 196 g/mol. The zero-order valence-corrected chi connectivity index (χ0v) is 10.4. The van der Waals surface area contributed by atoms with Gasteiger partial charge in [0.1, 0.15) is 0 Å². The summed E-state index contributed by atoms with van der Waals surface area (Å²) in [5.74, 6) is 0. The Kier molecular flexibility index (Phi) is 2.87. The van der Waals surface area contributed by atoms with Crippen molar-refractivity contribution in [3.05, 3.63) is 24.3 Å². The zero-order chi connectivity index (χ0) is 9.19. The van der Waals surface area contributed by atoms with Crippen LogP contribution < -0.4 is 10.4 Å². The first-order valence-corrected chi connectivity index (χ1v) is 9.42. The van der Waals surface area contributed by atoms with Gasteiger partial charge in [-0.25, -0.2) is 0 Å². The lowest BCUT2D eigenvalue weighted by Gasteiger charge is -2.14. The van der Waals surface area contributed by atoms with Gasteiger partial charge in [-0.05, 0) is 18.3 Å². The van der Waals surface area contributed by atoms with Gasteiger partial charge < -0.3 is 4.80 Å². The third kappa shape index (κ3) is 2.30. The molecule has 0 aliphatic rings. The molecule has 0 atom stereocenters. The Morgan fingerprint density at radius 3 is 2.00 bits per heavy atom. The van der Waals surface area contributed by atoms with E-state index in [4.69, 9.17) is 0 Å². The number of hydrogen-bond donors (Lipinski definition) is 1. The quantitative estimate of drug-likeness (QED) is 0.657. The SMILES string of the molecule is C[SiH2]c1ccc([Si](C)(C)O)cc1. The fourth-order valence-corrected chi connectivity index (χ4v) is 2.84. The second-order valence-corrected chi connectivity index (χ2v) is 8.83. The van der Waals surface area contributed by atoms with Crippen LogP contribution in [-0.2, 0) is 0 Å². The highest BCUT2D eigenvalue weighted by molar-refractivity contribution is 6.83. The van der Waals surface area contributed by atoms with Gasteiger partial charge in [0.25, 0.3) is 0 Å². The normalized spacial score (nSPS) is 12.7. The van der Waals surface area contributed by atoms with E-state index in [0.29, 0.717) is 0 Å². The second kappa shape index (κ2) is 3.55. The van der Waals surface area contributed by atoms with Crippen LogP contribution in [0.1, 0.15) is 0 Å². The lowest BCUT2D eigenvalue weighted by Crippen LogP contribution is -2.41. The van der Waals surface area contributed by atoms with Gasteiger partial charge >= 0.3 is 0 Å². The molecule has 0 unspecified atom stereocenters. The molecule has 12 heavy (non-hydrogen) atoms. The predicted molar refractivity (Wildman–Crippen MR) is 59.8 cm³/mol. The van der Waals surface area contributed by atoms with Crippen LogP contribution in [0.15, 0.2) is 24.3 Å². The molecule has 66 valence electrons. The van der Waals surface area contributed by atoms with Gasteiger partial charge in [-0.15, -0.1) is 0 Å². The molecule has 0 fully saturated rings. The summed E-state index contributed by atoms with van der Waals surface area (Å²) < 4.78 is 0. The van der Waals surface area contributed by atoms with Crippen molar-refractivity contribution < 1.29 is 4.80 Å². The first-order chi connectivity index (χ1) is 5.54. The predicted octanol–water partition coefficient (Wildman–Crippen LogP) is -0.0668. The summed E-state index contributed by atoms with van der Waals surface area (Å²) in [6.07, 6.45) is 0. The van der Waals surface area contributed by atoms with Crippen molar-refractivity contribution in [2.45, 2.75) is 19.6 Å². The average Bonchev–Trinajstić information content (AvgIpc) is 2.03. The van der Waals surface area contributed by atoms with Crippen LogP contribution in [0.5, 0.6) is 0 Å². The van der Waals surface area contributed by atoms with Crippen LogP contribution in [0.2, 0.25) is 19.6 Å². The highest BCUT2D eigenvalue weighted by atomic mass is 28.4. The van der Waals surface area contributed by atoms with E-state index >= 15 is 0 Å². The van der Waals surface area contributed by atoms with Gasteiger partial charge in [0, 0.05) is 0 Å². The molecule has 0 aliphatic carbocycles. The summed E-state index contributed by atoms with van der Waals surface area (Å²) in [4.78, 5) is 9.80. The zero-order valence-electron chi connectivity index (χ0n) is 7.96. The summed E-state index contributed by atoms with van der Waals surface area (Å²) in [7, 11) is -2.09. The van der Waals surface area contributed by atoms with Crippen molar-refractivity contribution in [3.63, 3.8) is 0 Å². The van der Waals surface area contributed by atoms with E-state index in [9.17, 15) is 4.80 Å². The smallest absolute Gasteiger partial charge is 0.213 e. The van der Waals surface area contributed by atoms with Gasteiger partial charge in [0.05, 0.1) is 9.52 Å². The van der Waals surface area contributed by atoms with Crippen molar-refractivity contribution in [1.29, 1.82) is 0 Å². The maximum atomic E-state index is 9.80. The first kappa shape index (κ1) is 9.70. The Morgan fingerprint density at radius 2 is 1.67 bits per heavy atom. The van der Waals surface area contributed by atoms with Crippen LogP contribution >= 0.6 is 0 Å². The standard InChI is InChI=1S/C9H16OSi2/c1-11-8-4-6-9(7-5-8)12(2,3)10/h4-7,10H,11H2,1-3H3. The van der Waals surface area contributed by atoms with Crippen molar-refractivity contribution in [1.82, 2.24) is 0 Å². The summed E-state index contributed by atoms with van der Waals surface area (Å²) in [5.41, 5.74) is 0. The molecule has 0 radical (unpaired) electrons. The maximum Gasteiger partial charge on any atom is 0.213 e. The molecule has 1 nitrogen and oxygen atoms in total. The molecule has 3 heteroatoms. The van der Waals surface area contributed by atoms with E-state index in [1.165, 1.54) is 5.19 Å². The Hall–Kier alpha value is -0.386. The van der Waals surface area contributed by atoms with Crippen LogP contribution in [0.25, 0.3) is 0 Å². The summed E-state index contributed by atoms with van der Waals surface area (Å²) in [6.45, 7) is 6.17. The van der Waals surface area contributed by atoms with Crippen LogP contribution in [0, 0.1) is 0 Å². The summed E-state index contributed by atoms with van der Waals surface area (Å²) in [5, 5.41) is 2.60. The van der Waals surface area contributed by atoms with Gasteiger partial charge in [-0.1, -0.05) is 36.0 Å². The van der Waals surface area contributed by atoms with Gasteiger partial charge in [0.15, 0.2) is 0 Å². The molecule has 0 spiro atoms. The Balaban J connectivity index is 2.93. The molecule has 0 bridgehead atoms. The molecule has 1 aromatic carbocycles. The number of hydrogen-bond acceptors (Lipinski definition) is 1. The molecule has 0 aromatic heterocycles. The molecular weight excluding hydrogens is 180 g/mol. The van der Waals surface area contributed by atoms with Gasteiger partial charge in [0.2, 0.25) is 8.32 Å². The summed E-state index contributed by atoms with van der Waals surface area (Å²) >= 11 is 0. The van der Waals surface area contributed by atoms with E-state index < -0.39 is 8.32 Å².